The van der Waals surface area contributed by atoms with Gasteiger partial charge in [-0.05, 0) is 47.4 Å². The van der Waals surface area contributed by atoms with Gasteiger partial charge >= 0.3 is 0 Å². The Hall–Kier alpha value is -1.82. The first-order chi connectivity index (χ1) is 12.7. The molecule has 0 aromatic heterocycles. The number of hydrogen-bond acceptors (Lipinski definition) is 3. The van der Waals surface area contributed by atoms with E-state index < -0.39 is 0 Å². The van der Waals surface area contributed by atoms with Gasteiger partial charge in [-0.2, -0.15) is 0 Å². The number of β-amino-alcohol motifs (C(OH)–C–C–N with tert-alkyl or cyclic N) is 1. The Balaban J connectivity index is 1.59. The summed E-state index contributed by atoms with van der Waals surface area (Å²) in [4.78, 5) is 4.69. The molecule has 5 heteroatoms. The van der Waals surface area contributed by atoms with Crippen LogP contribution in [-0.2, 0) is 0 Å². The lowest BCUT2D eigenvalue weighted by Crippen LogP contribution is -2.48. The van der Waals surface area contributed by atoms with E-state index in [1.807, 2.05) is 18.2 Å². The molecule has 26 heavy (non-hydrogen) atoms. The van der Waals surface area contributed by atoms with Crippen molar-refractivity contribution in [1.82, 2.24) is 9.80 Å². The molecule has 2 aromatic rings. The maximum absolute atomic E-state index is 13.9. The summed E-state index contributed by atoms with van der Waals surface area (Å²) in [6, 6.07) is 12.0. The van der Waals surface area contributed by atoms with E-state index in [-0.39, 0.29) is 30.2 Å². The minimum atomic E-state index is -0.234. The summed E-state index contributed by atoms with van der Waals surface area (Å²) in [5.41, 5.74) is 3.30. The van der Waals surface area contributed by atoms with Crippen LogP contribution < -0.4 is 0 Å². The molecular formula is C21H24F2N2O. The zero-order chi connectivity index (χ0) is 18.1. The molecule has 0 spiro atoms. The molecule has 4 rings (SSSR count). The standard InChI is InChI=1S/C21H24F2N2O/c22-16-3-1-15(2-4-16)19-14-21(20-13-17(23)5-6-18(19)20)25-9-7-24(8-10-25)11-12-26/h1-6,13,19,21,26H,7-12,14H2/t19-,21+/m1/s1. The van der Waals surface area contributed by atoms with Crippen molar-refractivity contribution in [2.24, 2.45) is 0 Å². The molecule has 0 saturated carbocycles. The number of aliphatic hydroxyl groups is 1. The Morgan fingerprint density at radius 2 is 1.58 bits per heavy atom. The summed E-state index contributed by atoms with van der Waals surface area (Å²) in [7, 11) is 0. The molecule has 0 radical (unpaired) electrons. The fourth-order valence-corrected chi connectivity index (χ4v) is 4.43. The van der Waals surface area contributed by atoms with Crippen LogP contribution in [0.2, 0.25) is 0 Å². The SMILES string of the molecule is OCCN1CCN([C@H]2C[C@H](c3ccc(F)cc3)c3ccc(F)cc32)CC1. The maximum atomic E-state index is 13.9. The first-order valence-corrected chi connectivity index (χ1v) is 9.28. The molecule has 1 aliphatic carbocycles. The summed E-state index contributed by atoms with van der Waals surface area (Å²) in [5, 5.41) is 9.11. The van der Waals surface area contributed by atoms with Gasteiger partial charge in [-0.1, -0.05) is 18.2 Å². The summed E-state index contributed by atoms with van der Waals surface area (Å²) in [6.45, 7) is 4.56. The van der Waals surface area contributed by atoms with Gasteiger partial charge in [-0.15, -0.1) is 0 Å². The van der Waals surface area contributed by atoms with Crippen molar-refractivity contribution in [3.8, 4) is 0 Å². The predicted molar refractivity (Wildman–Crippen MR) is 97.1 cm³/mol. The lowest BCUT2D eigenvalue weighted by molar-refractivity contribution is 0.0826. The van der Waals surface area contributed by atoms with E-state index in [4.69, 9.17) is 5.11 Å². The first kappa shape index (κ1) is 17.6. The summed E-state index contributed by atoms with van der Waals surface area (Å²) in [5.74, 6) is -0.262. The van der Waals surface area contributed by atoms with Gasteiger partial charge in [0.15, 0.2) is 0 Å². The third-order valence-corrected chi connectivity index (χ3v) is 5.78. The van der Waals surface area contributed by atoms with Crippen LogP contribution in [0.4, 0.5) is 8.78 Å². The highest BCUT2D eigenvalue weighted by atomic mass is 19.1. The number of piperazine rings is 1. The van der Waals surface area contributed by atoms with Crippen molar-refractivity contribution in [1.29, 1.82) is 0 Å². The lowest BCUT2D eigenvalue weighted by atomic mass is 9.93. The van der Waals surface area contributed by atoms with Crippen molar-refractivity contribution in [2.75, 3.05) is 39.3 Å². The van der Waals surface area contributed by atoms with Gasteiger partial charge in [-0.25, -0.2) is 8.78 Å². The van der Waals surface area contributed by atoms with Crippen molar-refractivity contribution in [3.05, 3.63) is 70.8 Å². The highest BCUT2D eigenvalue weighted by Crippen LogP contribution is 2.47. The Kier molecular flexibility index (Phi) is 5.02. The minimum Gasteiger partial charge on any atom is -0.395 e. The molecule has 1 aliphatic heterocycles. The molecule has 0 unspecified atom stereocenters. The monoisotopic (exact) mass is 358 g/mol. The topological polar surface area (TPSA) is 26.7 Å². The molecule has 2 atom stereocenters. The predicted octanol–water partition coefficient (Wildman–Crippen LogP) is 3.15. The van der Waals surface area contributed by atoms with Gasteiger partial charge in [-0.3, -0.25) is 9.80 Å². The second-order valence-electron chi connectivity index (χ2n) is 7.23. The molecule has 0 bridgehead atoms. The highest BCUT2D eigenvalue weighted by molar-refractivity contribution is 5.45. The van der Waals surface area contributed by atoms with Crippen molar-refractivity contribution in [3.63, 3.8) is 0 Å². The number of nitrogens with zero attached hydrogens (tertiary/aromatic N) is 2. The van der Waals surface area contributed by atoms with Crippen LogP contribution in [0.5, 0.6) is 0 Å². The lowest BCUT2D eigenvalue weighted by Gasteiger charge is -2.38. The number of aliphatic hydroxyl groups excluding tert-OH is 1. The van der Waals surface area contributed by atoms with E-state index >= 15 is 0 Å². The smallest absolute Gasteiger partial charge is 0.123 e. The normalized spacial score (nSPS) is 24.0. The molecule has 2 aromatic carbocycles. The second-order valence-corrected chi connectivity index (χ2v) is 7.23. The largest absolute Gasteiger partial charge is 0.395 e. The van der Waals surface area contributed by atoms with Crippen LogP contribution in [0.1, 0.15) is 35.1 Å². The van der Waals surface area contributed by atoms with Crippen LogP contribution >= 0.6 is 0 Å². The first-order valence-electron chi connectivity index (χ1n) is 9.28. The summed E-state index contributed by atoms with van der Waals surface area (Å²) < 4.78 is 27.3. The van der Waals surface area contributed by atoms with Crippen LogP contribution in [0.15, 0.2) is 42.5 Å². The molecule has 1 heterocycles. The zero-order valence-corrected chi connectivity index (χ0v) is 14.7. The van der Waals surface area contributed by atoms with Gasteiger partial charge in [0.05, 0.1) is 6.61 Å². The van der Waals surface area contributed by atoms with Gasteiger partial charge in [0.2, 0.25) is 0 Å². The Morgan fingerprint density at radius 1 is 0.885 bits per heavy atom. The third-order valence-electron chi connectivity index (χ3n) is 5.78. The van der Waals surface area contributed by atoms with Gasteiger partial charge in [0.25, 0.3) is 0 Å². The molecule has 1 N–H and O–H groups in total. The van der Waals surface area contributed by atoms with E-state index in [9.17, 15) is 8.78 Å². The average molecular weight is 358 g/mol. The molecular weight excluding hydrogens is 334 g/mol. The Morgan fingerprint density at radius 3 is 2.27 bits per heavy atom. The molecule has 3 nitrogen and oxygen atoms in total. The quantitative estimate of drug-likeness (QED) is 0.910. The minimum absolute atomic E-state index is 0.173. The van der Waals surface area contributed by atoms with E-state index in [1.54, 1.807) is 6.07 Å². The Bertz CT molecular complexity index is 757. The highest BCUT2D eigenvalue weighted by Gasteiger charge is 2.36. The fourth-order valence-electron chi connectivity index (χ4n) is 4.43. The number of halogens is 2. The maximum Gasteiger partial charge on any atom is 0.123 e. The number of benzene rings is 2. The molecule has 2 aliphatic rings. The molecule has 1 saturated heterocycles. The van der Waals surface area contributed by atoms with Crippen molar-refractivity contribution >= 4 is 0 Å². The van der Waals surface area contributed by atoms with Crippen LogP contribution in [0.25, 0.3) is 0 Å². The van der Waals surface area contributed by atoms with Gasteiger partial charge < -0.3 is 5.11 Å². The summed E-state index contributed by atoms with van der Waals surface area (Å²) in [6.07, 6.45) is 0.893. The average Bonchev–Trinajstić information content (AvgIpc) is 3.02. The third kappa shape index (κ3) is 3.39. The fraction of sp³-hybridized carbons (Fsp3) is 0.429. The van der Waals surface area contributed by atoms with Gasteiger partial charge in [0.1, 0.15) is 11.6 Å². The van der Waals surface area contributed by atoms with E-state index in [0.717, 1.165) is 49.3 Å². The summed E-state index contributed by atoms with van der Waals surface area (Å²) >= 11 is 0. The number of fused-ring (bicyclic) bond motifs is 1. The van der Waals surface area contributed by atoms with E-state index in [0.29, 0.717) is 6.54 Å². The Labute approximate surface area is 152 Å². The molecule has 138 valence electrons. The zero-order valence-electron chi connectivity index (χ0n) is 14.7. The van der Waals surface area contributed by atoms with E-state index in [2.05, 4.69) is 9.80 Å². The van der Waals surface area contributed by atoms with Crippen LogP contribution in [0, 0.1) is 11.6 Å². The van der Waals surface area contributed by atoms with Crippen LogP contribution in [0.3, 0.4) is 0 Å². The van der Waals surface area contributed by atoms with E-state index in [1.165, 1.54) is 18.2 Å². The van der Waals surface area contributed by atoms with Crippen LogP contribution in [-0.4, -0.2) is 54.2 Å². The van der Waals surface area contributed by atoms with Crippen molar-refractivity contribution in [2.45, 2.75) is 18.4 Å². The number of hydrogen-bond donors (Lipinski definition) is 1. The van der Waals surface area contributed by atoms with Gasteiger partial charge in [0, 0.05) is 44.7 Å². The molecule has 1 fully saturated rings. The van der Waals surface area contributed by atoms with Crippen molar-refractivity contribution < 1.29 is 13.9 Å². The second kappa shape index (κ2) is 7.43. The number of rotatable bonds is 4. The molecule has 0 amide bonds.